The van der Waals surface area contributed by atoms with E-state index in [2.05, 4.69) is 17.1 Å². The minimum atomic E-state index is -0.520. The molecule has 4 rings (SSSR count). The van der Waals surface area contributed by atoms with Crippen LogP contribution in [-0.2, 0) is 13.0 Å². The van der Waals surface area contributed by atoms with Crippen molar-refractivity contribution in [1.82, 2.24) is 4.90 Å². The lowest BCUT2D eigenvalue weighted by molar-refractivity contribution is 0.0999. The number of rotatable bonds is 6. The molecule has 0 spiro atoms. The molecule has 0 atom stereocenters. The Hall–Kier alpha value is -2.55. The summed E-state index contributed by atoms with van der Waals surface area (Å²) in [5, 5.41) is 4.09. The number of primary amides is 1. The van der Waals surface area contributed by atoms with E-state index in [-0.39, 0.29) is 18.2 Å². The number of benzene rings is 1. The average molecular weight is 450 g/mol. The number of hydrogen-bond donors (Lipinski definition) is 2. The topological polar surface area (TPSA) is 97.8 Å². The molecule has 1 aromatic carbocycles. The van der Waals surface area contributed by atoms with E-state index in [1.807, 2.05) is 12.1 Å². The molecule has 0 unspecified atom stereocenters. The Morgan fingerprint density at radius 2 is 2.17 bits per heavy atom. The van der Waals surface area contributed by atoms with Gasteiger partial charge in [0.15, 0.2) is 17.1 Å². The number of anilines is 1. The lowest BCUT2D eigenvalue weighted by Gasteiger charge is -2.26. The predicted octanol–water partition coefficient (Wildman–Crippen LogP) is 4.04. The summed E-state index contributed by atoms with van der Waals surface area (Å²) in [4.78, 5) is 28.4. The third-order valence-corrected chi connectivity index (χ3v) is 6.23. The summed E-state index contributed by atoms with van der Waals surface area (Å²) in [6.45, 7) is 4.80. The first-order valence-corrected chi connectivity index (χ1v) is 10.4. The number of furan rings is 1. The number of fused-ring (bicyclic) bond motifs is 2. The van der Waals surface area contributed by atoms with Gasteiger partial charge in [-0.15, -0.1) is 23.7 Å². The molecular formula is C21H24ClN3O4S. The van der Waals surface area contributed by atoms with E-state index >= 15 is 0 Å². The van der Waals surface area contributed by atoms with E-state index in [4.69, 9.17) is 14.9 Å². The zero-order valence-corrected chi connectivity index (χ0v) is 18.5. The highest BCUT2D eigenvalue weighted by Gasteiger charge is 2.28. The molecule has 0 fully saturated rings. The fraction of sp³-hybridized carbons (Fsp3) is 0.333. The molecule has 2 amide bonds. The van der Waals surface area contributed by atoms with E-state index in [1.165, 1.54) is 11.3 Å². The molecule has 3 heterocycles. The second kappa shape index (κ2) is 9.07. The van der Waals surface area contributed by atoms with Crippen molar-refractivity contribution in [2.24, 2.45) is 5.73 Å². The molecule has 0 bridgehead atoms. The number of para-hydroxylation sites is 1. The first-order chi connectivity index (χ1) is 14.0. The maximum Gasteiger partial charge on any atom is 0.292 e. The fourth-order valence-corrected chi connectivity index (χ4v) is 5.08. The van der Waals surface area contributed by atoms with E-state index in [0.717, 1.165) is 48.3 Å². The lowest BCUT2D eigenvalue weighted by Crippen LogP contribution is -2.31. The Labute approximate surface area is 184 Å². The van der Waals surface area contributed by atoms with E-state index in [9.17, 15) is 9.59 Å². The predicted molar refractivity (Wildman–Crippen MR) is 120 cm³/mol. The van der Waals surface area contributed by atoms with Crippen LogP contribution in [0.3, 0.4) is 0 Å². The Morgan fingerprint density at radius 3 is 2.87 bits per heavy atom. The summed E-state index contributed by atoms with van der Waals surface area (Å²) in [5.41, 5.74) is 7.54. The molecule has 0 radical (unpaired) electrons. The van der Waals surface area contributed by atoms with Gasteiger partial charge >= 0.3 is 0 Å². The maximum absolute atomic E-state index is 12.8. The quantitative estimate of drug-likeness (QED) is 0.591. The van der Waals surface area contributed by atoms with Crippen molar-refractivity contribution >= 4 is 51.5 Å². The van der Waals surface area contributed by atoms with Crippen LogP contribution in [0.25, 0.3) is 11.0 Å². The lowest BCUT2D eigenvalue weighted by atomic mass is 10.0. The van der Waals surface area contributed by atoms with Gasteiger partial charge in [-0.3, -0.25) is 14.5 Å². The van der Waals surface area contributed by atoms with Gasteiger partial charge in [-0.2, -0.15) is 0 Å². The monoisotopic (exact) mass is 449 g/mol. The van der Waals surface area contributed by atoms with Gasteiger partial charge in [-0.25, -0.2) is 0 Å². The largest absolute Gasteiger partial charge is 0.493 e. The summed E-state index contributed by atoms with van der Waals surface area (Å²) in [6.07, 6.45) is 1.82. The number of nitrogens with two attached hydrogens (primary N) is 1. The van der Waals surface area contributed by atoms with Gasteiger partial charge in [-0.1, -0.05) is 19.1 Å². The molecule has 0 aliphatic carbocycles. The number of amides is 2. The third kappa shape index (κ3) is 4.03. The second-order valence-corrected chi connectivity index (χ2v) is 8.15. The van der Waals surface area contributed by atoms with Crippen molar-refractivity contribution in [1.29, 1.82) is 0 Å². The van der Waals surface area contributed by atoms with Gasteiger partial charge in [0.2, 0.25) is 0 Å². The van der Waals surface area contributed by atoms with Crippen LogP contribution in [0, 0.1) is 0 Å². The van der Waals surface area contributed by atoms with Crippen molar-refractivity contribution in [2.75, 3.05) is 25.5 Å². The number of carbonyl (C=O) groups is 2. The summed E-state index contributed by atoms with van der Waals surface area (Å²) < 4.78 is 11.0. The number of thiophene rings is 1. The number of nitrogens with one attached hydrogen (secondary N) is 1. The fourth-order valence-electron chi connectivity index (χ4n) is 3.79. The molecule has 160 valence electrons. The number of nitrogens with zero attached hydrogens (tertiary/aromatic N) is 1. The van der Waals surface area contributed by atoms with Crippen molar-refractivity contribution in [3.63, 3.8) is 0 Å². The van der Waals surface area contributed by atoms with Crippen LogP contribution < -0.4 is 15.8 Å². The molecule has 9 heteroatoms. The van der Waals surface area contributed by atoms with Crippen molar-refractivity contribution < 1.29 is 18.7 Å². The number of ether oxygens (including phenoxy) is 1. The normalized spacial score (nSPS) is 13.5. The highest BCUT2D eigenvalue weighted by molar-refractivity contribution is 7.17. The molecule has 2 aromatic heterocycles. The molecule has 0 saturated heterocycles. The van der Waals surface area contributed by atoms with Crippen LogP contribution in [0.15, 0.2) is 28.7 Å². The Kier molecular flexibility index (Phi) is 6.70. The van der Waals surface area contributed by atoms with Crippen LogP contribution >= 0.6 is 23.7 Å². The highest BCUT2D eigenvalue weighted by atomic mass is 35.5. The first-order valence-electron chi connectivity index (χ1n) is 9.56. The minimum Gasteiger partial charge on any atom is -0.493 e. The van der Waals surface area contributed by atoms with Gasteiger partial charge in [0, 0.05) is 23.4 Å². The molecule has 0 saturated carbocycles. The first kappa shape index (κ1) is 22.1. The summed E-state index contributed by atoms with van der Waals surface area (Å²) >= 11 is 1.42. The molecule has 1 aliphatic heterocycles. The van der Waals surface area contributed by atoms with Crippen LogP contribution in [0.5, 0.6) is 5.75 Å². The second-order valence-electron chi connectivity index (χ2n) is 7.04. The van der Waals surface area contributed by atoms with Gasteiger partial charge in [0.05, 0.1) is 12.7 Å². The zero-order chi connectivity index (χ0) is 20.5. The van der Waals surface area contributed by atoms with Crippen LogP contribution in [0.4, 0.5) is 5.00 Å². The zero-order valence-electron chi connectivity index (χ0n) is 16.8. The van der Waals surface area contributed by atoms with Crippen molar-refractivity contribution in [2.45, 2.75) is 26.3 Å². The Morgan fingerprint density at radius 1 is 1.37 bits per heavy atom. The standard InChI is InChI=1S/C21H23N3O4S.ClH/c1-3-8-24-9-7-13-16(11-24)29-21(17(13)19(22)25)23-20(26)15-10-12-5-4-6-14(27-2)18(12)28-15;/h4-6,10H,3,7-9,11H2,1-2H3,(H2,22,25)(H,23,26);1H. The smallest absolute Gasteiger partial charge is 0.292 e. The van der Waals surface area contributed by atoms with E-state index in [1.54, 1.807) is 19.2 Å². The molecule has 3 N–H and O–H groups in total. The van der Waals surface area contributed by atoms with Gasteiger partial charge in [-0.05, 0) is 37.1 Å². The van der Waals surface area contributed by atoms with Gasteiger partial charge in [0.1, 0.15) is 5.00 Å². The highest BCUT2D eigenvalue weighted by Crippen LogP contribution is 2.37. The van der Waals surface area contributed by atoms with E-state index in [0.29, 0.717) is 21.9 Å². The number of carbonyl (C=O) groups excluding carboxylic acids is 2. The van der Waals surface area contributed by atoms with Crippen molar-refractivity contribution in [3.8, 4) is 5.75 Å². The molecule has 30 heavy (non-hydrogen) atoms. The number of hydrogen-bond acceptors (Lipinski definition) is 6. The Bertz CT molecular complexity index is 1090. The summed E-state index contributed by atoms with van der Waals surface area (Å²) in [5.74, 6) is -0.233. The maximum atomic E-state index is 12.8. The molecule has 7 nitrogen and oxygen atoms in total. The van der Waals surface area contributed by atoms with Crippen LogP contribution in [0.2, 0.25) is 0 Å². The molecule has 1 aliphatic rings. The average Bonchev–Trinajstić information content (AvgIpc) is 3.28. The van der Waals surface area contributed by atoms with E-state index < -0.39 is 11.8 Å². The number of halogens is 1. The van der Waals surface area contributed by atoms with Crippen LogP contribution in [0.1, 0.15) is 44.7 Å². The molecular weight excluding hydrogens is 426 g/mol. The molecule has 3 aromatic rings. The summed E-state index contributed by atoms with van der Waals surface area (Å²) in [7, 11) is 1.55. The van der Waals surface area contributed by atoms with Crippen molar-refractivity contribution in [3.05, 3.63) is 46.0 Å². The minimum absolute atomic E-state index is 0. The SMILES string of the molecule is CCCN1CCc2c(sc(NC(=O)c3cc4cccc(OC)c4o3)c2C(N)=O)C1.Cl. The van der Waals surface area contributed by atoms with Gasteiger partial charge < -0.3 is 20.2 Å². The van der Waals surface area contributed by atoms with Crippen LogP contribution in [-0.4, -0.2) is 36.9 Å². The number of methoxy groups -OCH3 is 1. The summed E-state index contributed by atoms with van der Waals surface area (Å²) in [6, 6.07) is 7.11. The Balaban J connectivity index is 0.00000256. The van der Waals surface area contributed by atoms with Gasteiger partial charge in [0.25, 0.3) is 11.8 Å². The third-order valence-electron chi connectivity index (χ3n) is 5.10.